The van der Waals surface area contributed by atoms with Crippen LogP contribution >= 0.6 is 0 Å². The van der Waals surface area contributed by atoms with Gasteiger partial charge in [0.25, 0.3) is 5.91 Å². The Balaban J connectivity index is 1.58. The number of nitrogens with one attached hydrogen (secondary N) is 1. The standard InChI is InChI=1S/C25H26F4N2O5S/c1-14-8-21(31(11-14)24(33)16-4-3-5-18(9-16)37(2,34)35)23(32)30-22(17-12-36-13-17)15-6-7-19(20(26)10-15)25(27,28)29/h3-7,9-10,14,17,21-22H,8,11-13H2,1-2H3,(H,30,32)/t14-,21-,22+/m1/s1. The molecule has 3 atom stereocenters. The van der Waals surface area contributed by atoms with E-state index in [2.05, 4.69) is 5.32 Å². The summed E-state index contributed by atoms with van der Waals surface area (Å²) in [5.41, 5.74) is -1.12. The average Bonchev–Trinajstić information content (AvgIpc) is 3.17. The van der Waals surface area contributed by atoms with E-state index < -0.39 is 51.3 Å². The first-order valence-electron chi connectivity index (χ1n) is 11.6. The number of likely N-dealkylation sites (tertiary alicyclic amines) is 1. The topological polar surface area (TPSA) is 92.8 Å². The third-order valence-corrected chi connectivity index (χ3v) is 7.78. The number of halogens is 4. The Morgan fingerprint density at radius 3 is 2.41 bits per heavy atom. The highest BCUT2D eigenvalue weighted by atomic mass is 32.2. The van der Waals surface area contributed by atoms with Gasteiger partial charge in [-0.2, -0.15) is 13.2 Å². The molecule has 0 radical (unpaired) electrons. The molecular weight excluding hydrogens is 516 g/mol. The summed E-state index contributed by atoms with van der Waals surface area (Å²) in [6, 6.07) is 6.37. The van der Waals surface area contributed by atoms with E-state index in [0.29, 0.717) is 12.5 Å². The minimum Gasteiger partial charge on any atom is -0.381 e. The number of amides is 2. The maximum atomic E-state index is 14.3. The van der Waals surface area contributed by atoms with Crippen LogP contribution in [-0.4, -0.2) is 57.2 Å². The molecule has 0 saturated carbocycles. The SMILES string of the molecule is C[C@@H]1C[C@H](C(=O)N[C@@H](c2ccc(C(F)(F)F)c(F)c2)C2COC2)N(C(=O)c2cccc(S(C)(=O)=O)c2)C1. The number of alkyl halides is 3. The molecule has 200 valence electrons. The Morgan fingerprint density at radius 1 is 1.14 bits per heavy atom. The number of hydrogen-bond acceptors (Lipinski definition) is 5. The van der Waals surface area contributed by atoms with Crippen LogP contribution in [0.1, 0.15) is 40.9 Å². The average molecular weight is 543 g/mol. The zero-order chi connectivity index (χ0) is 27.1. The second kappa shape index (κ2) is 10.1. The predicted octanol–water partition coefficient (Wildman–Crippen LogP) is 3.60. The predicted molar refractivity (Wildman–Crippen MR) is 125 cm³/mol. The van der Waals surface area contributed by atoms with Crippen molar-refractivity contribution >= 4 is 21.7 Å². The van der Waals surface area contributed by atoms with Crippen molar-refractivity contribution in [3.05, 3.63) is 65.0 Å². The largest absolute Gasteiger partial charge is 0.419 e. The van der Waals surface area contributed by atoms with Gasteiger partial charge in [-0.15, -0.1) is 0 Å². The van der Waals surface area contributed by atoms with Crippen LogP contribution in [0.2, 0.25) is 0 Å². The van der Waals surface area contributed by atoms with Crippen LogP contribution in [0.4, 0.5) is 17.6 Å². The molecule has 2 amide bonds. The van der Waals surface area contributed by atoms with Gasteiger partial charge in [0.1, 0.15) is 11.9 Å². The maximum absolute atomic E-state index is 14.3. The quantitative estimate of drug-likeness (QED) is 0.564. The second-order valence-electron chi connectivity index (χ2n) is 9.64. The van der Waals surface area contributed by atoms with Crippen LogP contribution in [0.5, 0.6) is 0 Å². The molecule has 0 spiro atoms. The summed E-state index contributed by atoms with van der Waals surface area (Å²) >= 11 is 0. The monoisotopic (exact) mass is 542 g/mol. The van der Waals surface area contributed by atoms with Gasteiger partial charge < -0.3 is 15.0 Å². The highest BCUT2D eigenvalue weighted by Crippen LogP contribution is 2.35. The van der Waals surface area contributed by atoms with E-state index >= 15 is 0 Å². The third-order valence-electron chi connectivity index (χ3n) is 6.67. The molecule has 0 bridgehead atoms. The van der Waals surface area contributed by atoms with Crippen LogP contribution in [0.15, 0.2) is 47.4 Å². The van der Waals surface area contributed by atoms with E-state index in [4.69, 9.17) is 4.74 Å². The van der Waals surface area contributed by atoms with Crippen LogP contribution < -0.4 is 5.32 Å². The van der Waals surface area contributed by atoms with E-state index in [1.807, 2.05) is 6.92 Å². The molecule has 12 heteroatoms. The number of ether oxygens (including phenoxy) is 1. The Kier molecular flexibility index (Phi) is 7.35. The van der Waals surface area contributed by atoms with Gasteiger partial charge in [0.15, 0.2) is 9.84 Å². The molecule has 0 aliphatic carbocycles. The van der Waals surface area contributed by atoms with Gasteiger partial charge in [0, 0.05) is 24.3 Å². The fourth-order valence-corrected chi connectivity index (χ4v) is 5.34. The molecule has 2 heterocycles. The summed E-state index contributed by atoms with van der Waals surface area (Å²) in [6.45, 7) is 2.58. The van der Waals surface area contributed by atoms with E-state index in [9.17, 15) is 35.6 Å². The van der Waals surface area contributed by atoms with Crippen molar-refractivity contribution in [2.75, 3.05) is 26.0 Å². The summed E-state index contributed by atoms with van der Waals surface area (Å²) in [7, 11) is -3.55. The summed E-state index contributed by atoms with van der Waals surface area (Å²) in [5.74, 6) is -2.81. The molecule has 2 aromatic carbocycles. The number of rotatable bonds is 6. The third kappa shape index (κ3) is 5.80. The van der Waals surface area contributed by atoms with Crippen molar-refractivity contribution in [3.8, 4) is 0 Å². The molecule has 1 N–H and O–H groups in total. The molecular formula is C25H26F4N2O5S. The first-order chi connectivity index (χ1) is 17.3. The number of carbonyl (C=O) groups excluding carboxylic acids is 2. The van der Waals surface area contributed by atoms with Gasteiger partial charge in [-0.05, 0) is 48.2 Å². The molecule has 0 unspecified atom stereocenters. The van der Waals surface area contributed by atoms with Gasteiger partial charge in [0.2, 0.25) is 5.91 Å². The lowest BCUT2D eigenvalue weighted by atomic mass is 9.90. The minimum atomic E-state index is -4.85. The smallest absolute Gasteiger partial charge is 0.381 e. The van der Waals surface area contributed by atoms with Crippen LogP contribution in [0.3, 0.4) is 0 Å². The van der Waals surface area contributed by atoms with E-state index in [-0.39, 0.29) is 47.6 Å². The minimum absolute atomic E-state index is 0.0269. The Morgan fingerprint density at radius 2 is 1.84 bits per heavy atom. The molecule has 37 heavy (non-hydrogen) atoms. The fourth-order valence-electron chi connectivity index (χ4n) is 4.67. The van der Waals surface area contributed by atoms with Gasteiger partial charge in [0.05, 0.1) is 29.7 Å². The van der Waals surface area contributed by atoms with Crippen LogP contribution in [0.25, 0.3) is 0 Å². The first-order valence-corrected chi connectivity index (χ1v) is 13.5. The van der Waals surface area contributed by atoms with Gasteiger partial charge in [-0.25, -0.2) is 12.8 Å². The maximum Gasteiger partial charge on any atom is 0.419 e. The zero-order valence-electron chi connectivity index (χ0n) is 20.1. The van der Waals surface area contributed by atoms with Gasteiger partial charge >= 0.3 is 6.18 Å². The van der Waals surface area contributed by atoms with Crippen molar-refractivity contribution in [1.82, 2.24) is 10.2 Å². The molecule has 2 aliphatic heterocycles. The number of hydrogen-bond donors (Lipinski definition) is 1. The molecule has 2 saturated heterocycles. The Labute approximate surface area is 211 Å². The van der Waals surface area contributed by atoms with Crippen LogP contribution in [-0.2, 0) is 25.5 Å². The van der Waals surface area contributed by atoms with Crippen molar-refractivity contribution in [2.24, 2.45) is 11.8 Å². The number of sulfone groups is 1. The van der Waals surface area contributed by atoms with Crippen molar-refractivity contribution < 1.29 is 40.3 Å². The summed E-state index contributed by atoms with van der Waals surface area (Å²) in [4.78, 5) is 28.0. The highest BCUT2D eigenvalue weighted by molar-refractivity contribution is 7.90. The van der Waals surface area contributed by atoms with E-state index in [0.717, 1.165) is 18.4 Å². The second-order valence-corrected chi connectivity index (χ2v) is 11.7. The lowest BCUT2D eigenvalue weighted by Crippen LogP contribution is -2.50. The first kappa shape index (κ1) is 27.1. The number of carbonyl (C=O) groups is 2. The molecule has 4 rings (SSSR count). The molecule has 0 aromatic heterocycles. The molecule has 2 aromatic rings. The number of nitrogens with zero attached hydrogens (tertiary/aromatic N) is 1. The molecule has 2 fully saturated rings. The van der Waals surface area contributed by atoms with E-state index in [1.165, 1.54) is 29.2 Å². The fraction of sp³-hybridized carbons (Fsp3) is 0.440. The van der Waals surface area contributed by atoms with E-state index in [1.54, 1.807) is 0 Å². The normalized spacial score (nSPS) is 21.4. The van der Waals surface area contributed by atoms with Gasteiger partial charge in [-0.3, -0.25) is 9.59 Å². The molecule has 7 nitrogen and oxygen atoms in total. The lowest BCUT2D eigenvalue weighted by Gasteiger charge is -2.36. The van der Waals surface area contributed by atoms with Crippen molar-refractivity contribution in [3.63, 3.8) is 0 Å². The summed E-state index contributed by atoms with van der Waals surface area (Å²) in [5, 5.41) is 2.80. The highest BCUT2D eigenvalue weighted by Gasteiger charge is 2.41. The zero-order valence-corrected chi connectivity index (χ0v) is 20.9. The van der Waals surface area contributed by atoms with Crippen molar-refractivity contribution in [2.45, 2.75) is 36.5 Å². The molecule has 2 aliphatic rings. The van der Waals surface area contributed by atoms with Gasteiger partial charge in [-0.1, -0.05) is 19.1 Å². The summed E-state index contributed by atoms with van der Waals surface area (Å²) < 4.78 is 82.4. The lowest BCUT2D eigenvalue weighted by molar-refractivity contribution is -0.140. The van der Waals surface area contributed by atoms with Crippen molar-refractivity contribution in [1.29, 1.82) is 0 Å². The number of benzene rings is 2. The van der Waals surface area contributed by atoms with Crippen LogP contribution in [0, 0.1) is 17.7 Å². The Bertz CT molecular complexity index is 1310. The Hall–Kier alpha value is -2.99. The summed E-state index contributed by atoms with van der Waals surface area (Å²) in [6.07, 6.45) is -3.49.